The van der Waals surface area contributed by atoms with Crippen LogP contribution in [0.3, 0.4) is 0 Å². The molecule has 0 bridgehead atoms. The number of nitrogens with two attached hydrogens (primary N) is 1. The summed E-state index contributed by atoms with van der Waals surface area (Å²) in [7, 11) is 0. The number of aromatic hydroxyl groups is 2. The first-order chi connectivity index (χ1) is 9.64. The summed E-state index contributed by atoms with van der Waals surface area (Å²) in [6.45, 7) is 9.88. The maximum absolute atomic E-state index is 9.94. The second-order valence-corrected chi connectivity index (χ2v) is 6.31. The number of hydrogen-bond acceptors (Lipinski definition) is 3. The Morgan fingerprint density at radius 3 is 1.57 bits per heavy atom. The fourth-order valence-corrected chi connectivity index (χ4v) is 2.65. The topological polar surface area (TPSA) is 66.5 Å². The van der Waals surface area contributed by atoms with Gasteiger partial charge in [0, 0.05) is 5.41 Å². The van der Waals surface area contributed by atoms with Crippen molar-refractivity contribution in [2.75, 3.05) is 5.73 Å². The molecule has 0 fully saturated rings. The monoisotopic (exact) mass is 285 g/mol. The van der Waals surface area contributed by atoms with Gasteiger partial charge in [-0.1, -0.05) is 32.0 Å². The lowest BCUT2D eigenvalue weighted by Crippen LogP contribution is -2.20. The largest absolute Gasteiger partial charge is 0.507 e. The molecule has 4 N–H and O–H groups in total. The van der Waals surface area contributed by atoms with Crippen molar-refractivity contribution in [3.05, 3.63) is 52.1 Å². The van der Waals surface area contributed by atoms with Gasteiger partial charge >= 0.3 is 0 Å². The number of aryl methyl sites for hydroxylation is 3. The van der Waals surface area contributed by atoms with E-state index in [1.807, 2.05) is 45.0 Å². The first kappa shape index (κ1) is 15.2. The highest BCUT2D eigenvalue weighted by Gasteiger charge is 2.25. The Kier molecular flexibility index (Phi) is 3.62. The Labute approximate surface area is 126 Å². The molecule has 21 heavy (non-hydrogen) atoms. The second-order valence-electron chi connectivity index (χ2n) is 6.31. The summed E-state index contributed by atoms with van der Waals surface area (Å²) in [6.07, 6.45) is 0. The first-order valence-electron chi connectivity index (χ1n) is 7.05. The Morgan fingerprint density at radius 1 is 0.762 bits per heavy atom. The van der Waals surface area contributed by atoms with E-state index in [-0.39, 0.29) is 11.2 Å². The van der Waals surface area contributed by atoms with Crippen LogP contribution in [0.2, 0.25) is 0 Å². The third kappa shape index (κ3) is 2.56. The standard InChI is InChI=1S/C18H23NO2/c1-10-6-13(7-11(2)16(10)20)18(4,5)14-8-12(3)17(21)15(19)9-14/h6-9,20-21H,19H2,1-5H3. The zero-order chi connectivity index (χ0) is 15.9. The Bertz CT molecular complexity index is 597. The SMILES string of the molecule is Cc1cc(C(C)(C)c2cc(C)c(O)c(N)c2)cc(C)c1O. The quantitative estimate of drug-likeness (QED) is 0.578. The van der Waals surface area contributed by atoms with Crippen LogP contribution in [0.5, 0.6) is 11.5 Å². The highest BCUT2D eigenvalue weighted by molar-refractivity contribution is 5.60. The van der Waals surface area contributed by atoms with Crippen molar-refractivity contribution in [3.63, 3.8) is 0 Å². The molecule has 0 saturated heterocycles. The molecule has 0 amide bonds. The molecule has 0 heterocycles. The van der Waals surface area contributed by atoms with Gasteiger partial charge in [-0.3, -0.25) is 0 Å². The van der Waals surface area contributed by atoms with E-state index in [0.717, 1.165) is 27.8 Å². The normalized spacial score (nSPS) is 11.7. The number of nitrogen functional groups attached to an aromatic ring is 1. The fourth-order valence-electron chi connectivity index (χ4n) is 2.65. The lowest BCUT2D eigenvalue weighted by molar-refractivity contribution is 0.465. The van der Waals surface area contributed by atoms with Crippen LogP contribution in [-0.4, -0.2) is 10.2 Å². The van der Waals surface area contributed by atoms with Gasteiger partial charge in [0.1, 0.15) is 11.5 Å². The van der Waals surface area contributed by atoms with Gasteiger partial charge in [-0.2, -0.15) is 0 Å². The van der Waals surface area contributed by atoms with E-state index in [2.05, 4.69) is 13.8 Å². The van der Waals surface area contributed by atoms with Crippen LogP contribution in [0.4, 0.5) is 5.69 Å². The molecule has 0 radical (unpaired) electrons. The van der Waals surface area contributed by atoms with Crippen LogP contribution in [0.25, 0.3) is 0 Å². The molecule has 0 aromatic heterocycles. The zero-order valence-electron chi connectivity index (χ0n) is 13.3. The van der Waals surface area contributed by atoms with Crippen molar-refractivity contribution in [1.29, 1.82) is 0 Å². The highest BCUT2D eigenvalue weighted by Crippen LogP contribution is 2.38. The Balaban J connectivity index is 2.61. The van der Waals surface area contributed by atoms with Crippen molar-refractivity contribution < 1.29 is 10.2 Å². The molecule has 0 aliphatic rings. The fraction of sp³-hybridized carbons (Fsp3) is 0.333. The highest BCUT2D eigenvalue weighted by atomic mass is 16.3. The molecule has 0 atom stereocenters. The number of anilines is 1. The zero-order valence-corrected chi connectivity index (χ0v) is 13.3. The average Bonchev–Trinajstić information content (AvgIpc) is 2.40. The minimum absolute atomic E-state index is 0.146. The van der Waals surface area contributed by atoms with Crippen molar-refractivity contribution >= 4 is 5.69 Å². The van der Waals surface area contributed by atoms with Crippen molar-refractivity contribution in [2.24, 2.45) is 0 Å². The van der Waals surface area contributed by atoms with Crippen LogP contribution >= 0.6 is 0 Å². The van der Waals surface area contributed by atoms with Crippen LogP contribution in [-0.2, 0) is 5.41 Å². The molecule has 0 unspecified atom stereocenters. The van der Waals surface area contributed by atoms with E-state index >= 15 is 0 Å². The summed E-state index contributed by atoms with van der Waals surface area (Å²) in [5.41, 5.74) is 10.7. The number of benzene rings is 2. The molecule has 3 heteroatoms. The van der Waals surface area contributed by atoms with Gasteiger partial charge < -0.3 is 15.9 Å². The number of hydrogen-bond donors (Lipinski definition) is 3. The van der Waals surface area contributed by atoms with E-state index in [9.17, 15) is 10.2 Å². The van der Waals surface area contributed by atoms with Crippen LogP contribution in [0.1, 0.15) is 41.7 Å². The van der Waals surface area contributed by atoms with E-state index in [0.29, 0.717) is 11.4 Å². The second kappa shape index (κ2) is 4.99. The Morgan fingerprint density at radius 2 is 1.14 bits per heavy atom. The van der Waals surface area contributed by atoms with Gasteiger partial charge in [-0.05, 0) is 54.7 Å². The van der Waals surface area contributed by atoms with Crippen LogP contribution in [0.15, 0.2) is 24.3 Å². The van der Waals surface area contributed by atoms with E-state index < -0.39 is 0 Å². The maximum atomic E-state index is 9.94. The smallest absolute Gasteiger partial charge is 0.141 e. The minimum atomic E-state index is -0.268. The Hall–Kier alpha value is -2.16. The molecule has 0 spiro atoms. The van der Waals surface area contributed by atoms with Crippen LogP contribution in [0, 0.1) is 20.8 Å². The molecule has 2 aromatic carbocycles. The van der Waals surface area contributed by atoms with Crippen LogP contribution < -0.4 is 5.73 Å². The van der Waals surface area contributed by atoms with Gasteiger partial charge in [0.25, 0.3) is 0 Å². The predicted molar refractivity (Wildman–Crippen MR) is 87.0 cm³/mol. The molecular formula is C18H23NO2. The van der Waals surface area contributed by atoms with Crippen molar-refractivity contribution in [2.45, 2.75) is 40.0 Å². The average molecular weight is 285 g/mol. The number of rotatable bonds is 2. The summed E-state index contributed by atoms with van der Waals surface area (Å²) in [4.78, 5) is 0. The lowest BCUT2D eigenvalue weighted by Gasteiger charge is -2.28. The summed E-state index contributed by atoms with van der Waals surface area (Å²) in [5.74, 6) is 0.489. The lowest BCUT2D eigenvalue weighted by atomic mass is 9.76. The summed E-state index contributed by atoms with van der Waals surface area (Å²) in [5, 5.41) is 19.8. The van der Waals surface area contributed by atoms with E-state index in [1.54, 1.807) is 0 Å². The third-order valence-electron chi connectivity index (χ3n) is 4.26. The molecular weight excluding hydrogens is 262 g/mol. The van der Waals surface area contributed by atoms with Crippen molar-refractivity contribution in [3.8, 4) is 11.5 Å². The number of phenols is 2. The predicted octanol–water partition coefficient (Wildman–Crippen LogP) is 3.93. The molecule has 112 valence electrons. The molecule has 0 aliphatic heterocycles. The van der Waals surface area contributed by atoms with Gasteiger partial charge in [0.05, 0.1) is 5.69 Å². The number of phenolic OH excluding ortho intramolecular Hbond substituents is 2. The van der Waals surface area contributed by atoms with Gasteiger partial charge in [-0.25, -0.2) is 0 Å². The van der Waals surface area contributed by atoms with Gasteiger partial charge in [0.15, 0.2) is 0 Å². The van der Waals surface area contributed by atoms with E-state index in [4.69, 9.17) is 5.73 Å². The molecule has 0 saturated carbocycles. The summed E-state index contributed by atoms with van der Waals surface area (Å²) in [6, 6.07) is 7.78. The summed E-state index contributed by atoms with van der Waals surface area (Å²) < 4.78 is 0. The third-order valence-corrected chi connectivity index (χ3v) is 4.26. The van der Waals surface area contributed by atoms with Gasteiger partial charge in [0.2, 0.25) is 0 Å². The molecule has 2 aromatic rings. The van der Waals surface area contributed by atoms with E-state index in [1.165, 1.54) is 0 Å². The van der Waals surface area contributed by atoms with Gasteiger partial charge in [-0.15, -0.1) is 0 Å². The molecule has 3 nitrogen and oxygen atoms in total. The first-order valence-corrected chi connectivity index (χ1v) is 7.05. The van der Waals surface area contributed by atoms with Crippen molar-refractivity contribution in [1.82, 2.24) is 0 Å². The minimum Gasteiger partial charge on any atom is -0.507 e. The molecule has 0 aliphatic carbocycles. The molecule has 2 rings (SSSR count). The summed E-state index contributed by atoms with van der Waals surface area (Å²) >= 11 is 0. The maximum Gasteiger partial charge on any atom is 0.141 e.